The highest BCUT2D eigenvalue weighted by molar-refractivity contribution is 5.78. The van der Waals surface area contributed by atoms with E-state index in [1.165, 1.54) is 6.07 Å². The van der Waals surface area contributed by atoms with Crippen molar-refractivity contribution in [2.75, 3.05) is 20.1 Å². The molecule has 0 spiro atoms. The number of imidazole rings is 1. The summed E-state index contributed by atoms with van der Waals surface area (Å²) in [6.45, 7) is 1.96. The van der Waals surface area contributed by atoms with Gasteiger partial charge in [0.25, 0.3) is 0 Å². The lowest BCUT2D eigenvalue weighted by molar-refractivity contribution is -0.137. The van der Waals surface area contributed by atoms with Crippen molar-refractivity contribution in [3.8, 4) is 17.0 Å². The maximum Gasteiger partial charge on any atom is 0.416 e. The molecular weight excluding hydrogens is 359 g/mol. The SMILES string of the molecule is CN1CCC[C@@H](n2cnc3cc(-c4ccc(C(F)(F)F)cc4O)nnc32)C1. The largest absolute Gasteiger partial charge is 0.507 e. The van der Waals surface area contributed by atoms with Crippen LogP contribution in [0.25, 0.3) is 22.4 Å². The predicted octanol–water partition coefficient (Wildman–Crippen LogP) is 3.48. The van der Waals surface area contributed by atoms with Crippen LogP contribution in [0, 0.1) is 0 Å². The van der Waals surface area contributed by atoms with Gasteiger partial charge in [0.2, 0.25) is 0 Å². The molecule has 2 aromatic heterocycles. The number of halogens is 3. The first kappa shape index (κ1) is 17.7. The molecule has 0 amide bonds. The molecule has 1 aliphatic rings. The first-order chi connectivity index (χ1) is 12.8. The number of hydrogen-bond acceptors (Lipinski definition) is 5. The van der Waals surface area contributed by atoms with Crippen LogP contribution in [-0.4, -0.2) is 49.9 Å². The fourth-order valence-electron chi connectivity index (χ4n) is 3.52. The van der Waals surface area contributed by atoms with Gasteiger partial charge in [-0.25, -0.2) is 4.98 Å². The number of phenols is 1. The Morgan fingerprint density at radius 1 is 1.19 bits per heavy atom. The normalized spacial score (nSPS) is 18.9. The van der Waals surface area contributed by atoms with E-state index >= 15 is 0 Å². The van der Waals surface area contributed by atoms with Crippen LogP contribution in [0.15, 0.2) is 30.6 Å². The van der Waals surface area contributed by atoms with Crippen LogP contribution in [0.2, 0.25) is 0 Å². The number of piperidine rings is 1. The van der Waals surface area contributed by atoms with Gasteiger partial charge in [-0.1, -0.05) is 0 Å². The molecule has 3 aromatic rings. The molecule has 3 heterocycles. The van der Waals surface area contributed by atoms with Crippen molar-refractivity contribution in [3.05, 3.63) is 36.2 Å². The fraction of sp³-hybridized carbons (Fsp3) is 0.389. The molecule has 1 N–H and O–H groups in total. The molecule has 0 bridgehead atoms. The lowest BCUT2D eigenvalue weighted by Crippen LogP contribution is -2.33. The molecule has 0 unspecified atom stereocenters. The molecule has 1 atom stereocenters. The van der Waals surface area contributed by atoms with Gasteiger partial charge in [0.05, 0.1) is 17.6 Å². The van der Waals surface area contributed by atoms with Crippen LogP contribution in [0.5, 0.6) is 5.75 Å². The van der Waals surface area contributed by atoms with Gasteiger partial charge in [-0.2, -0.15) is 13.2 Å². The third kappa shape index (κ3) is 3.34. The third-order valence-corrected chi connectivity index (χ3v) is 4.91. The van der Waals surface area contributed by atoms with Crippen LogP contribution in [-0.2, 0) is 6.18 Å². The van der Waals surface area contributed by atoms with Crippen molar-refractivity contribution >= 4 is 11.2 Å². The molecule has 0 radical (unpaired) electrons. The summed E-state index contributed by atoms with van der Waals surface area (Å²) >= 11 is 0. The maximum absolute atomic E-state index is 12.8. The summed E-state index contributed by atoms with van der Waals surface area (Å²) in [6, 6.07) is 4.69. The molecule has 1 aliphatic heterocycles. The van der Waals surface area contributed by atoms with E-state index in [4.69, 9.17) is 0 Å². The molecule has 0 aliphatic carbocycles. The quantitative estimate of drug-likeness (QED) is 0.741. The number of nitrogens with zero attached hydrogens (tertiary/aromatic N) is 5. The molecule has 27 heavy (non-hydrogen) atoms. The topological polar surface area (TPSA) is 67.1 Å². The number of rotatable bonds is 2. The molecule has 142 valence electrons. The van der Waals surface area contributed by atoms with Crippen molar-refractivity contribution < 1.29 is 18.3 Å². The Morgan fingerprint density at radius 2 is 2.00 bits per heavy atom. The Hall–Kier alpha value is -2.68. The second kappa shape index (κ2) is 6.49. The van der Waals surface area contributed by atoms with Crippen LogP contribution in [0.4, 0.5) is 13.2 Å². The number of hydrogen-bond donors (Lipinski definition) is 1. The summed E-state index contributed by atoms with van der Waals surface area (Å²) in [5.41, 5.74) is 0.769. The van der Waals surface area contributed by atoms with E-state index < -0.39 is 17.5 Å². The Kier molecular flexibility index (Phi) is 4.26. The lowest BCUT2D eigenvalue weighted by Gasteiger charge is -2.30. The van der Waals surface area contributed by atoms with E-state index in [1.54, 1.807) is 12.4 Å². The van der Waals surface area contributed by atoms with Gasteiger partial charge < -0.3 is 14.6 Å². The summed E-state index contributed by atoms with van der Waals surface area (Å²) in [4.78, 5) is 6.62. The molecule has 0 saturated carbocycles. The zero-order valence-electron chi connectivity index (χ0n) is 14.6. The number of benzene rings is 1. The smallest absolute Gasteiger partial charge is 0.416 e. The highest BCUT2D eigenvalue weighted by Gasteiger charge is 2.31. The zero-order chi connectivity index (χ0) is 19.2. The molecular formula is C18H18F3N5O. The van der Waals surface area contributed by atoms with Gasteiger partial charge in [-0.15, -0.1) is 10.2 Å². The Labute approximate surface area is 153 Å². The van der Waals surface area contributed by atoms with Crippen molar-refractivity contribution in [2.24, 2.45) is 0 Å². The maximum atomic E-state index is 12.8. The highest BCUT2D eigenvalue weighted by atomic mass is 19.4. The summed E-state index contributed by atoms with van der Waals surface area (Å²) in [5.74, 6) is -0.494. The van der Waals surface area contributed by atoms with Crippen molar-refractivity contribution in [2.45, 2.75) is 25.1 Å². The summed E-state index contributed by atoms with van der Waals surface area (Å²) in [7, 11) is 2.07. The van der Waals surface area contributed by atoms with E-state index in [1.807, 2.05) is 4.57 Å². The minimum absolute atomic E-state index is 0.185. The highest BCUT2D eigenvalue weighted by Crippen LogP contribution is 2.36. The molecule has 4 rings (SSSR count). The third-order valence-electron chi connectivity index (χ3n) is 4.91. The average Bonchev–Trinajstić information content (AvgIpc) is 3.04. The van der Waals surface area contributed by atoms with Crippen LogP contribution >= 0.6 is 0 Å². The number of fused-ring (bicyclic) bond motifs is 1. The monoisotopic (exact) mass is 377 g/mol. The minimum atomic E-state index is -4.52. The fourth-order valence-corrected chi connectivity index (χ4v) is 3.52. The molecule has 9 heteroatoms. The number of aromatic hydroxyl groups is 1. The lowest BCUT2D eigenvalue weighted by atomic mass is 10.1. The average molecular weight is 377 g/mol. The Balaban J connectivity index is 1.69. The number of likely N-dealkylation sites (tertiary alicyclic amines) is 1. The van der Waals surface area contributed by atoms with E-state index in [0.29, 0.717) is 17.2 Å². The first-order valence-electron chi connectivity index (χ1n) is 8.62. The van der Waals surface area contributed by atoms with Crippen molar-refractivity contribution in [1.29, 1.82) is 0 Å². The van der Waals surface area contributed by atoms with Gasteiger partial charge in [-0.05, 0) is 50.7 Å². The molecule has 1 fully saturated rings. The number of aromatic nitrogens is 4. The Bertz CT molecular complexity index is 985. The van der Waals surface area contributed by atoms with Crippen LogP contribution in [0.1, 0.15) is 24.4 Å². The standard InChI is InChI=1S/C18H18F3N5O/c1-25-6-2-3-12(9-25)26-10-22-15-8-14(23-24-17(15)26)13-5-4-11(7-16(13)27)18(19,20)21/h4-5,7-8,10,12,27H,2-3,6,9H2,1H3/t12-/m1/s1. The number of likely N-dealkylation sites (N-methyl/N-ethyl adjacent to an activating group) is 1. The van der Waals surface area contributed by atoms with Gasteiger partial charge in [0.1, 0.15) is 11.3 Å². The second-order valence-electron chi connectivity index (χ2n) is 6.88. The minimum Gasteiger partial charge on any atom is -0.507 e. The van der Waals surface area contributed by atoms with Gasteiger partial charge in [-0.3, -0.25) is 0 Å². The zero-order valence-corrected chi connectivity index (χ0v) is 14.6. The second-order valence-corrected chi connectivity index (χ2v) is 6.88. The molecule has 6 nitrogen and oxygen atoms in total. The Morgan fingerprint density at radius 3 is 2.70 bits per heavy atom. The number of phenolic OH excluding ortho intramolecular Hbond substituents is 1. The van der Waals surface area contributed by atoms with Gasteiger partial charge >= 0.3 is 6.18 Å². The van der Waals surface area contributed by atoms with E-state index in [9.17, 15) is 18.3 Å². The van der Waals surface area contributed by atoms with Crippen molar-refractivity contribution in [3.63, 3.8) is 0 Å². The van der Waals surface area contributed by atoms with E-state index in [0.717, 1.165) is 32.0 Å². The molecule has 1 saturated heterocycles. The van der Waals surface area contributed by atoms with E-state index in [2.05, 4.69) is 27.1 Å². The van der Waals surface area contributed by atoms with E-state index in [-0.39, 0.29) is 17.3 Å². The van der Waals surface area contributed by atoms with Gasteiger partial charge in [0, 0.05) is 18.2 Å². The van der Waals surface area contributed by atoms with Crippen LogP contribution in [0.3, 0.4) is 0 Å². The predicted molar refractivity (Wildman–Crippen MR) is 93.2 cm³/mol. The summed E-state index contributed by atoms with van der Waals surface area (Å²) in [6.07, 6.45) is -0.679. The van der Waals surface area contributed by atoms with Crippen LogP contribution < -0.4 is 0 Å². The number of alkyl halides is 3. The summed E-state index contributed by atoms with van der Waals surface area (Å²) < 4.78 is 40.3. The molecule has 1 aromatic carbocycles. The van der Waals surface area contributed by atoms with Crippen molar-refractivity contribution in [1.82, 2.24) is 24.6 Å². The van der Waals surface area contributed by atoms with Gasteiger partial charge in [0.15, 0.2) is 5.65 Å². The summed E-state index contributed by atoms with van der Waals surface area (Å²) in [5, 5.41) is 18.4. The first-order valence-corrected chi connectivity index (χ1v) is 8.62.